The molecule has 128 valence electrons. The van der Waals surface area contributed by atoms with Crippen LogP contribution in [-0.2, 0) is 4.79 Å². The maximum atomic E-state index is 11.0. The van der Waals surface area contributed by atoms with Gasteiger partial charge in [0.25, 0.3) is 0 Å². The van der Waals surface area contributed by atoms with Gasteiger partial charge in [0.05, 0.1) is 37.6 Å². The molecule has 1 heterocycles. The molecule has 1 aliphatic heterocycles. The number of rotatable bonds is 7. The van der Waals surface area contributed by atoms with E-state index in [4.69, 9.17) is 14.6 Å². The molecule has 0 fully saturated rings. The van der Waals surface area contributed by atoms with Gasteiger partial charge in [-0.1, -0.05) is 13.8 Å². The van der Waals surface area contributed by atoms with Crippen molar-refractivity contribution in [3.63, 3.8) is 0 Å². The van der Waals surface area contributed by atoms with Crippen molar-refractivity contribution in [1.29, 1.82) is 0 Å². The van der Waals surface area contributed by atoms with Gasteiger partial charge in [0, 0.05) is 25.2 Å². The quantitative estimate of drug-likeness (QED) is 0.804. The number of hydrogen-bond donors (Lipinski definition) is 2. The van der Waals surface area contributed by atoms with Crippen LogP contribution >= 0.6 is 0 Å². The number of aliphatic carboxylic acids is 1. The molecule has 2 rings (SSSR count). The fourth-order valence-corrected chi connectivity index (χ4v) is 3.09. The van der Waals surface area contributed by atoms with Crippen molar-refractivity contribution in [1.82, 2.24) is 0 Å². The molecular formula is C17H26N2O4. The lowest BCUT2D eigenvalue weighted by Gasteiger charge is -2.45. The molecule has 0 atom stereocenters. The molecule has 6 nitrogen and oxygen atoms in total. The average Bonchev–Trinajstić information content (AvgIpc) is 2.57. The molecule has 0 radical (unpaired) electrons. The molecule has 0 bridgehead atoms. The third-order valence-corrected chi connectivity index (χ3v) is 4.69. The van der Waals surface area contributed by atoms with Crippen LogP contribution < -0.4 is 19.7 Å². The molecule has 0 aromatic heterocycles. The predicted molar refractivity (Wildman–Crippen MR) is 90.9 cm³/mol. The van der Waals surface area contributed by atoms with Gasteiger partial charge < -0.3 is 24.8 Å². The largest absolute Gasteiger partial charge is 0.493 e. The maximum absolute atomic E-state index is 11.0. The summed E-state index contributed by atoms with van der Waals surface area (Å²) >= 11 is 0. The Bertz CT molecular complexity index is 570. The Morgan fingerprint density at radius 1 is 1.26 bits per heavy atom. The van der Waals surface area contributed by atoms with Crippen molar-refractivity contribution in [2.75, 3.05) is 37.5 Å². The summed E-state index contributed by atoms with van der Waals surface area (Å²) in [4.78, 5) is 13.1. The van der Waals surface area contributed by atoms with Gasteiger partial charge >= 0.3 is 5.97 Å². The van der Waals surface area contributed by atoms with Crippen molar-refractivity contribution in [3.8, 4) is 11.5 Å². The van der Waals surface area contributed by atoms with E-state index in [9.17, 15) is 4.79 Å². The van der Waals surface area contributed by atoms with Gasteiger partial charge in [0.15, 0.2) is 11.5 Å². The number of ether oxygens (including phenoxy) is 2. The molecule has 1 aromatic carbocycles. The normalized spacial score (nSPS) is 15.6. The summed E-state index contributed by atoms with van der Waals surface area (Å²) in [7, 11) is 3.21. The Labute approximate surface area is 137 Å². The molecule has 0 saturated carbocycles. The van der Waals surface area contributed by atoms with E-state index in [-0.39, 0.29) is 12.0 Å². The highest BCUT2D eigenvalue weighted by Gasteiger charge is 2.35. The van der Waals surface area contributed by atoms with Gasteiger partial charge in [-0.15, -0.1) is 0 Å². The van der Waals surface area contributed by atoms with Crippen LogP contribution in [0.3, 0.4) is 0 Å². The Kier molecular flexibility index (Phi) is 5.23. The van der Waals surface area contributed by atoms with Crippen LogP contribution in [0.15, 0.2) is 12.1 Å². The fourth-order valence-electron chi connectivity index (χ4n) is 3.09. The highest BCUT2D eigenvalue weighted by Crippen LogP contribution is 2.43. The topological polar surface area (TPSA) is 71.0 Å². The molecule has 0 saturated heterocycles. The number of nitrogens with zero attached hydrogens (tertiary/aromatic N) is 1. The van der Waals surface area contributed by atoms with Crippen LogP contribution in [0, 0.1) is 0 Å². The number of benzene rings is 1. The van der Waals surface area contributed by atoms with Crippen molar-refractivity contribution in [2.45, 2.75) is 38.6 Å². The monoisotopic (exact) mass is 322 g/mol. The molecule has 0 aliphatic carbocycles. The molecule has 2 N–H and O–H groups in total. The molecule has 1 aliphatic rings. The lowest BCUT2D eigenvalue weighted by Crippen LogP contribution is -2.52. The SMILES string of the molecule is CCC1(CC)CN(CCC(=O)O)c2cc(OC)c(OC)cc2N1. The standard InChI is InChI=1S/C17H26N2O4/c1-5-17(6-2)11-19(8-7-16(20)21)13-10-15(23-4)14(22-3)9-12(13)18-17/h9-10,18H,5-8,11H2,1-4H3,(H,20,21). The Morgan fingerprint density at radius 3 is 2.39 bits per heavy atom. The molecule has 0 amide bonds. The summed E-state index contributed by atoms with van der Waals surface area (Å²) in [5, 5.41) is 12.7. The first-order valence-corrected chi connectivity index (χ1v) is 7.99. The zero-order chi connectivity index (χ0) is 17.0. The molecule has 0 unspecified atom stereocenters. The number of carboxylic acid groups (broad SMARTS) is 1. The predicted octanol–water partition coefficient (Wildman–Crippen LogP) is 2.97. The second-order valence-corrected chi connectivity index (χ2v) is 5.90. The van der Waals surface area contributed by atoms with E-state index < -0.39 is 5.97 Å². The molecule has 0 spiro atoms. The van der Waals surface area contributed by atoms with Gasteiger partial charge in [-0.05, 0) is 12.8 Å². The molecule has 1 aromatic rings. The first kappa shape index (κ1) is 17.2. The second-order valence-electron chi connectivity index (χ2n) is 5.90. The van der Waals surface area contributed by atoms with Crippen molar-refractivity contribution in [2.24, 2.45) is 0 Å². The van der Waals surface area contributed by atoms with Gasteiger partial charge in [-0.3, -0.25) is 4.79 Å². The minimum absolute atomic E-state index is 0.0644. The van der Waals surface area contributed by atoms with Gasteiger partial charge in [0.2, 0.25) is 0 Å². The number of hydrogen-bond acceptors (Lipinski definition) is 5. The van der Waals surface area contributed by atoms with Gasteiger partial charge in [-0.25, -0.2) is 0 Å². The van der Waals surface area contributed by atoms with E-state index in [1.165, 1.54) is 0 Å². The summed E-state index contributed by atoms with van der Waals surface area (Å²) in [5.74, 6) is 0.526. The van der Waals surface area contributed by atoms with Gasteiger partial charge in [-0.2, -0.15) is 0 Å². The highest BCUT2D eigenvalue weighted by atomic mass is 16.5. The zero-order valence-electron chi connectivity index (χ0n) is 14.3. The zero-order valence-corrected chi connectivity index (χ0v) is 14.3. The van der Waals surface area contributed by atoms with E-state index in [1.54, 1.807) is 14.2 Å². The third kappa shape index (κ3) is 3.46. The molecular weight excluding hydrogens is 296 g/mol. The van der Waals surface area contributed by atoms with Crippen molar-refractivity contribution >= 4 is 17.3 Å². The van der Waals surface area contributed by atoms with E-state index in [0.717, 1.165) is 30.8 Å². The maximum Gasteiger partial charge on any atom is 0.305 e. The van der Waals surface area contributed by atoms with E-state index >= 15 is 0 Å². The molecule has 23 heavy (non-hydrogen) atoms. The number of fused-ring (bicyclic) bond motifs is 1. The average molecular weight is 322 g/mol. The van der Waals surface area contributed by atoms with Crippen molar-refractivity contribution in [3.05, 3.63) is 12.1 Å². The van der Waals surface area contributed by atoms with Crippen LogP contribution in [-0.4, -0.2) is 43.9 Å². The summed E-state index contributed by atoms with van der Waals surface area (Å²) in [6.45, 7) is 5.55. The van der Waals surface area contributed by atoms with Crippen LogP contribution in [0.1, 0.15) is 33.1 Å². The fraction of sp³-hybridized carbons (Fsp3) is 0.588. The van der Waals surface area contributed by atoms with E-state index in [0.29, 0.717) is 18.0 Å². The van der Waals surface area contributed by atoms with Crippen LogP contribution in [0.25, 0.3) is 0 Å². The Morgan fingerprint density at radius 2 is 1.87 bits per heavy atom. The summed E-state index contributed by atoms with van der Waals surface area (Å²) in [6, 6.07) is 3.85. The number of carbonyl (C=O) groups is 1. The molecule has 6 heteroatoms. The van der Waals surface area contributed by atoms with Crippen LogP contribution in [0.4, 0.5) is 11.4 Å². The minimum atomic E-state index is -0.788. The number of anilines is 2. The lowest BCUT2D eigenvalue weighted by molar-refractivity contribution is -0.136. The first-order valence-electron chi connectivity index (χ1n) is 7.99. The van der Waals surface area contributed by atoms with Crippen LogP contribution in [0.2, 0.25) is 0 Å². The minimum Gasteiger partial charge on any atom is -0.493 e. The smallest absolute Gasteiger partial charge is 0.305 e. The van der Waals surface area contributed by atoms with Gasteiger partial charge in [0.1, 0.15) is 0 Å². The number of nitrogens with one attached hydrogen (secondary N) is 1. The summed E-state index contributed by atoms with van der Waals surface area (Å²) < 4.78 is 10.8. The second kappa shape index (κ2) is 6.98. The first-order chi connectivity index (χ1) is 11.0. The Hall–Kier alpha value is -2.11. The number of carboxylic acids is 1. The van der Waals surface area contributed by atoms with Crippen molar-refractivity contribution < 1.29 is 19.4 Å². The number of methoxy groups -OCH3 is 2. The highest BCUT2D eigenvalue weighted by molar-refractivity contribution is 5.79. The summed E-state index contributed by atoms with van der Waals surface area (Å²) in [5.41, 5.74) is 1.86. The third-order valence-electron chi connectivity index (χ3n) is 4.69. The Balaban J connectivity index is 2.45. The summed E-state index contributed by atoms with van der Waals surface area (Å²) in [6.07, 6.45) is 2.03. The van der Waals surface area contributed by atoms with Crippen LogP contribution in [0.5, 0.6) is 11.5 Å². The van der Waals surface area contributed by atoms with E-state index in [1.807, 2.05) is 12.1 Å². The van der Waals surface area contributed by atoms with E-state index in [2.05, 4.69) is 24.1 Å². The lowest BCUT2D eigenvalue weighted by atomic mass is 9.88.